The number of hydrogen-bond donors (Lipinski definition) is 5. The summed E-state index contributed by atoms with van der Waals surface area (Å²) in [6, 6.07) is 8.70. The van der Waals surface area contributed by atoms with Crippen LogP contribution < -0.4 is 0 Å². The Labute approximate surface area is 341 Å². The van der Waals surface area contributed by atoms with Gasteiger partial charge in [0.25, 0.3) is 0 Å². The fraction of sp³-hybridized carbons (Fsp3) is 0.562. The van der Waals surface area contributed by atoms with Crippen molar-refractivity contribution in [3.05, 3.63) is 71.3 Å². The first-order valence-electron chi connectivity index (χ1n) is 20.9. The first-order chi connectivity index (χ1) is 27.2. The van der Waals surface area contributed by atoms with Crippen molar-refractivity contribution in [2.45, 2.75) is 112 Å². The summed E-state index contributed by atoms with van der Waals surface area (Å²) >= 11 is 0. The highest BCUT2D eigenvalue weighted by molar-refractivity contribution is 5.88. The second kappa shape index (κ2) is 14.5. The first kappa shape index (κ1) is 41.4. The van der Waals surface area contributed by atoms with Crippen LogP contribution in [-0.2, 0) is 23.9 Å². The Balaban J connectivity index is 1.19. The van der Waals surface area contributed by atoms with E-state index in [4.69, 9.17) is 9.47 Å². The number of hydrogen-bond acceptors (Lipinski definition) is 9. The highest BCUT2D eigenvalue weighted by atomic mass is 16.5. The van der Waals surface area contributed by atoms with Crippen molar-refractivity contribution >= 4 is 30.1 Å². The van der Waals surface area contributed by atoms with Crippen LogP contribution in [0.5, 0.6) is 23.0 Å². The predicted octanol–water partition coefficient (Wildman–Crippen LogP) is 9.56. The summed E-state index contributed by atoms with van der Waals surface area (Å²) in [6.45, 7) is 13.8. The first-order valence-corrected chi connectivity index (χ1v) is 20.9. The van der Waals surface area contributed by atoms with Gasteiger partial charge in [-0.1, -0.05) is 65.3 Å². The number of phenolic OH excluding ortho intramolecular Hbond substituents is 4. The Morgan fingerprint density at radius 3 is 1.93 bits per heavy atom. The summed E-state index contributed by atoms with van der Waals surface area (Å²) in [4.78, 5) is 40.1. The van der Waals surface area contributed by atoms with E-state index in [2.05, 4.69) is 47.6 Å². The van der Waals surface area contributed by atoms with Crippen LogP contribution in [0.15, 0.2) is 60.2 Å². The van der Waals surface area contributed by atoms with E-state index in [0.29, 0.717) is 36.8 Å². The molecule has 4 fully saturated rings. The van der Waals surface area contributed by atoms with E-state index in [0.717, 1.165) is 44.1 Å². The van der Waals surface area contributed by atoms with Crippen LogP contribution in [0, 0.1) is 50.2 Å². The van der Waals surface area contributed by atoms with Gasteiger partial charge in [-0.05, 0) is 146 Å². The molecule has 8 atom stereocenters. The zero-order valence-corrected chi connectivity index (χ0v) is 34.7. The molecule has 8 unspecified atom stereocenters. The van der Waals surface area contributed by atoms with Gasteiger partial charge in [0.15, 0.2) is 23.0 Å². The van der Waals surface area contributed by atoms with E-state index in [9.17, 15) is 39.9 Å². The zero-order chi connectivity index (χ0) is 42.1. The van der Waals surface area contributed by atoms with Crippen LogP contribution in [0.1, 0.15) is 117 Å². The van der Waals surface area contributed by atoms with E-state index < -0.39 is 28.7 Å². The number of carboxylic acid groups (broad SMARTS) is 1. The molecule has 58 heavy (non-hydrogen) atoms. The monoisotopic (exact) mass is 796 g/mol. The Hall–Kier alpha value is -4.73. The highest BCUT2D eigenvalue weighted by Gasteiger charge is 2.71. The number of carbonyl (C=O) groups is 3. The summed E-state index contributed by atoms with van der Waals surface area (Å²) in [5, 5.41) is 50.2. The minimum atomic E-state index is -0.860. The predicted molar refractivity (Wildman–Crippen MR) is 219 cm³/mol. The molecule has 2 aromatic rings. The molecular weight excluding hydrogens is 737 g/mol. The lowest BCUT2D eigenvalue weighted by atomic mass is 9.33. The van der Waals surface area contributed by atoms with Crippen molar-refractivity contribution in [3.8, 4) is 23.0 Å². The van der Waals surface area contributed by atoms with Crippen LogP contribution >= 0.6 is 0 Å². The topological polar surface area (TPSA) is 171 Å². The summed E-state index contributed by atoms with van der Waals surface area (Å²) in [5.74, 6) is -2.50. The van der Waals surface area contributed by atoms with Gasteiger partial charge in [0, 0.05) is 23.0 Å². The van der Waals surface area contributed by atoms with Crippen molar-refractivity contribution in [1.29, 1.82) is 0 Å². The molecule has 2 aromatic carbocycles. The molecular formula is C48H60O10. The molecule has 5 aliphatic carbocycles. The molecule has 4 saturated carbocycles. The van der Waals surface area contributed by atoms with E-state index >= 15 is 0 Å². The van der Waals surface area contributed by atoms with Gasteiger partial charge in [0.1, 0.15) is 12.7 Å². The van der Waals surface area contributed by atoms with Crippen LogP contribution in [0.4, 0.5) is 0 Å². The van der Waals surface area contributed by atoms with Gasteiger partial charge in [0.05, 0.1) is 5.41 Å². The summed E-state index contributed by atoms with van der Waals surface area (Å²) in [6.07, 6.45) is 15.3. The molecule has 0 aliphatic heterocycles. The fourth-order valence-corrected chi connectivity index (χ4v) is 13.0. The molecule has 0 bridgehead atoms. The van der Waals surface area contributed by atoms with Crippen LogP contribution in [0.3, 0.4) is 0 Å². The van der Waals surface area contributed by atoms with Crippen molar-refractivity contribution in [3.63, 3.8) is 0 Å². The number of carbonyl (C=O) groups excluding carboxylic acids is 2. The van der Waals surface area contributed by atoms with Crippen molar-refractivity contribution < 1.29 is 49.4 Å². The van der Waals surface area contributed by atoms with Crippen molar-refractivity contribution in [1.82, 2.24) is 0 Å². The third kappa shape index (κ3) is 6.78. The SMILES string of the molecule is CC1(C)CCC2(C(=O)O)CCC3(COC(=O)C=Cc4ccc(O)c(O)c4)C(=CCC4C5(C)CCC(OC(=O)C=Cc6ccc(O)c(O)c6)C(C)(C)C5CCC43C)C2C1. The Bertz CT molecular complexity index is 2080. The average molecular weight is 797 g/mol. The van der Waals surface area contributed by atoms with E-state index in [-0.39, 0.29) is 75.1 Å². The largest absolute Gasteiger partial charge is 0.504 e. The third-order valence-electron chi connectivity index (χ3n) is 16.2. The molecule has 0 saturated heterocycles. The maximum atomic E-state index is 13.6. The standard InChI is InChI=1S/C48H60O10/c1-43(2)21-22-47(42(55)56)23-24-48(28-57-40(53)15-9-29-7-12-33(49)35(51)25-29)31(32(47)27-43)11-14-38-45(5)19-18-39(44(3,4)37(45)17-20-46(38,48)6)58-41(54)16-10-30-8-13-34(50)36(52)26-30/h7-13,15-16,25-26,32,37-39,49-52H,14,17-24,27-28H2,1-6H3,(H,55,56). The second-order valence-corrected chi connectivity index (χ2v) is 20.0. The number of carboxylic acids is 1. The number of fused-ring (bicyclic) bond motifs is 7. The maximum absolute atomic E-state index is 13.6. The number of aromatic hydroxyl groups is 4. The van der Waals surface area contributed by atoms with Crippen LogP contribution in [0.2, 0.25) is 0 Å². The summed E-state index contributed by atoms with van der Waals surface area (Å²) in [5.41, 5.74) is -0.0470. The molecule has 7 rings (SSSR count). The molecule has 0 heterocycles. The number of aliphatic carboxylic acids is 1. The zero-order valence-electron chi connectivity index (χ0n) is 34.7. The number of phenols is 4. The van der Waals surface area contributed by atoms with Gasteiger partial charge in [-0.25, -0.2) is 9.59 Å². The van der Waals surface area contributed by atoms with Gasteiger partial charge < -0.3 is 35.0 Å². The van der Waals surface area contributed by atoms with E-state index in [1.807, 2.05) is 0 Å². The number of esters is 2. The lowest BCUT2D eigenvalue weighted by Crippen LogP contribution is -2.67. The Morgan fingerprint density at radius 2 is 1.33 bits per heavy atom. The fourth-order valence-electron chi connectivity index (χ4n) is 13.0. The number of rotatable bonds is 8. The van der Waals surface area contributed by atoms with Gasteiger partial charge in [0.2, 0.25) is 0 Å². The molecule has 5 N–H and O–H groups in total. The molecule has 5 aliphatic rings. The number of benzene rings is 2. The third-order valence-corrected chi connectivity index (χ3v) is 16.2. The Kier molecular flexibility index (Phi) is 10.4. The molecule has 10 heteroatoms. The minimum Gasteiger partial charge on any atom is -0.504 e. The minimum absolute atomic E-state index is 0.0368. The van der Waals surface area contributed by atoms with Gasteiger partial charge in [-0.3, -0.25) is 4.79 Å². The van der Waals surface area contributed by atoms with Gasteiger partial charge >= 0.3 is 17.9 Å². The molecule has 0 amide bonds. The van der Waals surface area contributed by atoms with E-state index in [1.54, 1.807) is 24.3 Å². The quantitative estimate of drug-likeness (QED) is 0.0750. The van der Waals surface area contributed by atoms with Gasteiger partial charge in [-0.2, -0.15) is 0 Å². The Morgan fingerprint density at radius 1 is 0.724 bits per heavy atom. The van der Waals surface area contributed by atoms with Crippen molar-refractivity contribution in [2.24, 2.45) is 50.2 Å². The van der Waals surface area contributed by atoms with Crippen LogP contribution in [-0.4, -0.2) is 56.2 Å². The summed E-state index contributed by atoms with van der Waals surface area (Å²) < 4.78 is 12.5. The molecule has 10 nitrogen and oxygen atoms in total. The summed E-state index contributed by atoms with van der Waals surface area (Å²) in [7, 11) is 0. The van der Waals surface area contributed by atoms with Gasteiger partial charge in [-0.15, -0.1) is 0 Å². The normalized spacial score (nSPS) is 34.8. The molecule has 0 spiro atoms. The lowest BCUT2D eigenvalue weighted by Gasteiger charge is -2.71. The highest BCUT2D eigenvalue weighted by Crippen LogP contribution is 2.76. The van der Waals surface area contributed by atoms with Crippen LogP contribution in [0.25, 0.3) is 12.2 Å². The average Bonchev–Trinajstić information content (AvgIpc) is 3.15. The molecule has 0 aromatic heterocycles. The molecule has 312 valence electrons. The van der Waals surface area contributed by atoms with E-state index in [1.165, 1.54) is 36.4 Å². The lowest BCUT2D eigenvalue weighted by molar-refractivity contribution is -0.221. The maximum Gasteiger partial charge on any atom is 0.331 e. The number of ether oxygens (including phenoxy) is 2. The smallest absolute Gasteiger partial charge is 0.331 e. The number of allylic oxidation sites excluding steroid dienone is 1. The second-order valence-electron chi connectivity index (χ2n) is 20.0. The van der Waals surface area contributed by atoms with Crippen molar-refractivity contribution in [2.75, 3.05) is 6.61 Å². The molecule has 0 radical (unpaired) electrons.